The summed E-state index contributed by atoms with van der Waals surface area (Å²) in [6, 6.07) is 6.83. The minimum Gasteiger partial charge on any atom is -0.359 e. The summed E-state index contributed by atoms with van der Waals surface area (Å²) in [5.41, 5.74) is 0.545. The maximum atomic E-state index is 13.0. The molecular weight excluding hydrogens is 337 g/mol. The van der Waals surface area contributed by atoms with E-state index in [-0.39, 0.29) is 30.6 Å². The zero-order valence-corrected chi connectivity index (χ0v) is 14.3. The van der Waals surface area contributed by atoms with E-state index >= 15 is 0 Å². The molecule has 1 aliphatic carbocycles. The van der Waals surface area contributed by atoms with E-state index in [0.717, 1.165) is 12.8 Å². The Morgan fingerprint density at radius 1 is 1.35 bits per heavy atom. The Kier molecular flexibility index (Phi) is 5.46. The van der Waals surface area contributed by atoms with Crippen LogP contribution in [0.3, 0.4) is 0 Å². The molecule has 2 aromatic rings. The van der Waals surface area contributed by atoms with Gasteiger partial charge in [-0.25, -0.2) is 4.39 Å². The van der Waals surface area contributed by atoms with Crippen molar-refractivity contribution < 1.29 is 18.5 Å². The normalized spacial score (nSPS) is 13.3. The van der Waals surface area contributed by atoms with Crippen LogP contribution in [0.1, 0.15) is 39.4 Å². The van der Waals surface area contributed by atoms with Gasteiger partial charge in [-0.1, -0.05) is 11.2 Å². The average molecular weight is 357 g/mol. The SMILES string of the molecule is C=CCN(Cc1cc(C(=O)NCC2CC2)no1)C(=O)c1ccc(F)cc1. The van der Waals surface area contributed by atoms with Crippen LogP contribution < -0.4 is 5.32 Å². The van der Waals surface area contributed by atoms with Crippen LogP contribution >= 0.6 is 0 Å². The fourth-order valence-electron chi connectivity index (χ4n) is 2.48. The number of hydrogen-bond donors (Lipinski definition) is 1. The molecule has 3 rings (SSSR count). The van der Waals surface area contributed by atoms with Crippen molar-refractivity contribution in [2.24, 2.45) is 5.92 Å². The lowest BCUT2D eigenvalue weighted by atomic mass is 10.2. The van der Waals surface area contributed by atoms with Gasteiger partial charge in [-0.3, -0.25) is 9.59 Å². The molecule has 7 heteroatoms. The number of benzene rings is 1. The molecule has 0 spiro atoms. The number of nitrogens with zero attached hydrogens (tertiary/aromatic N) is 2. The number of hydrogen-bond acceptors (Lipinski definition) is 4. The minimum absolute atomic E-state index is 0.130. The molecule has 26 heavy (non-hydrogen) atoms. The van der Waals surface area contributed by atoms with Gasteiger partial charge in [0.2, 0.25) is 0 Å². The predicted octanol–water partition coefficient (Wildman–Crippen LogP) is 2.78. The Bertz CT molecular complexity index is 797. The quantitative estimate of drug-likeness (QED) is 0.737. The van der Waals surface area contributed by atoms with Gasteiger partial charge >= 0.3 is 0 Å². The molecule has 1 saturated carbocycles. The zero-order valence-electron chi connectivity index (χ0n) is 14.3. The van der Waals surface area contributed by atoms with E-state index in [0.29, 0.717) is 23.8 Å². The first-order valence-electron chi connectivity index (χ1n) is 8.46. The third kappa shape index (κ3) is 4.56. The van der Waals surface area contributed by atoms with E-state index in [4.69, 9.17) is 4.52 Å². The molecule has 0 bridgehead atoms. The minimum atomic E-state index is -0.408. The van der Waals surface area contributed by atoms with Crippen LogP contribution in [-0.4, -0.2) is 35.0 Å². The van der Waals surface area contributed by atoms with E-state index in [9.17, 15) is 14.0 Å². The van der Waals surface area contributed by atoms with Crippen LogP contribution in [0.15, 0.2) is 47.5 Å². The number of aromatic nitrogens is 1. The van der Waals surface area contributed by atoms with Crippen LogP contribution in [0, 0.1) is 11.7 Å². The van der Waals surface area contributed by atoms with E-state index in [1.54, 1.807) is 6.08 Å². The van der Waals surface area contributed by atoms with Crippen molar-refractivity contribution in [3.63, 3.8) is 0 Å². The second-order valence-electron chi connectivity index (χ2n) is 6.31. The van der Waals surface area contributed by atoms with E-state index < -0.39 is 5.82 Å². The van der Waals surface area contributed by atoms with Crippen LogP contribution in [0.5, 0.6) is 0 Å². The summed E-state index contributed by atoms with van der Waals surface area (Å²) in [6.07, 6.45) is 3.87. The summed E-state index contributed by atoms with van der Waals surface area (Å²) in [7, 11) is 0. The lowest BCUT2D eigenvalue weighted by Crippen LogP contribution is -2.30. The molecule has 1 N–H and O–H groups in total. The second-order valence-corrected chi connectivity index (χ2v) is 6.31. The van der Waals surface area contributed by atoms with Crippen LogP contribution in [0.4, 0.5) is 4.39 Å². The highest BCUT2D eigenvalue weighted by Crippen LogP contribution is 2.27. The molecule has 1 heterocycles. The van der Waals surface area contributed by atoms with Crippen molar-refractivity contribution in [1.29, 1.82) is 0 Å². The number of carbonyl (C=O) groups excluding carboxylic acids is 2. The third-order valence-electron chi connectivity index (χ3n) is 4.11. The lowest BCUT2D eigenvalue weighted by Gasteiger charge is -2.19. The van der Waals surface area contributed by atoms with Crippen molar-refractivity contribution in [3.05, 3.63) is 65.8 Å². The highest BCUT2D eigenvalue weighted by Gasteiger charge is 2.23. The van der Waals surface area contributed by atoms with Crippen molar-refractivity contribution in [2.75, 3.05) is 13.1 Å². The summed E-state index contributed by atoms with van der Waals surface area (Å²) >= 11 is 0. The lowest BCUT2D eigenvalue weighted by molar-refractivity contribution is 0.0747. The molecule has 6 nitrogen and oxygen atoms in total. The fourth-order valence-corrected chi connectivity index (χ4v) is 2.48. The van der Waals surface area contributed by atoms with Gasteiger partial charge in [-0.05, 0) is 43.0 Å². The highest BCUT2D eigenvalue weighted by molar-refractivity contribution is 5.94. The van der Waals surface area contributed by atoms with Crippen molar-refractivity contribution >= 4 is 11.8 Å². The predicted molar refractivity (Wildman–Crippen MR) is 92.9 cm³/mol. The van der Waals surface area contributed by atoms with Crippen LogP contribution in [0.25, 0.3) is 0 Å². The average Bonchev–Trinajstić information content (AvgIpc) is 3.36. The van der Waals surface area contributed by atoms with Gasteiger partial charge in [-0.15, -0.1) is 6.58 Å². The first-order valence-corrected chi connectivity index (χ1v) is 8.46. The standard InChI is InChI=1S/C19H20FN3O3/c1-2-9-23(19(25)14-5-7-15(20)8-6-14)12-16-10-17(22-26-16)18(24)21-11-13-3-4-13/h2,5-8,10,13H,1,3-4,9,11-12H2,(H,21,24). The molecule has 2 amide bonds. The Balaban J connectivity index is 1.65. The maximum absolute atomic E-state index is 13.0. The summed E-state index contributed by atoms with van der Waals surface area (Å²) in [5.74, 6) is -0.0254. The topological polar surface area (TPSA) is 75.4 Å². The summed E-state index contributed by atoms with van der Waals surface area (Å²) in [6.45, 7) is 4.70. The number of amides is 2. The fraction of sp³-hybridized carbons (Fsp3) is 0.316. The van der Waals surface area contributed by atoms with Gasteiger partial charge in [0.15, 0.2) is 11.5 Å². The Morgan fingerprint density at radius 2 is 2.08 bits per heavy atom. The number of carbonyl (C=O) groups is 2. The molecule has 1 aliphatic rings. The van der Waals surface area contributed by atoms with Crippen molar-refractivity contribution in [2.45, 2.75) is 19.4 Å². The van der Waals surface area contributed by atoms with Gasteiger partial charge in [0, 0.05) is 24.7 Å². The Hall–Kier alpha value is -2.96. The van der Waals surface area contributed by atoms with Gasteiger partial charge in [0.05, 0.1) is 6.54 Å². The van der Waals surface area contributed by atoms with Gasteiger partial charge in [-0.2, -0.15) is 0 Å². The molecule has 0 aliphatic heterocycles. The molecule has 1 fully saturated rings. The molecule has 0 saturated heterocycles. The van der Waals surface area contributed by atoms with Crippen molar-refractivity contribution in [1.82, 2.24) is 15.4 Å². The highest BCUT2D eigenvalue weighted by atomic mass is 19.1. The molecule has 0 radical (unpaired) electrons. The maximum Gasteiger partial charge on any atom is 0.273 e. The van der Waals surface area contributed by atoms with Crippen molar-refractivity contribution in [3.8, 4) is 0 Å². The van der Waals surface area contributed by atoms with E-state index in [2.05, 4.69) is 17.1 Å². The number of rotatable bonds is 8. The summed E-state index contributed by atoms with van der Waals surface area (Å²) < 4.78 is 18.2. The third-order valence-corrected chi connectivity index (χ3v) is 4.11. The molecule has 1 aromatic heterocycles. The second kappa shape index (κ2) is 7.95. The van der Waals surface area contributed by atoms with Gasteiger partial charge < -0.3 is 14.7 Å². The van der Waals surface area contributed by atoms with Crippen LogP contribution in [-0.2, 0) is 6.54 Å². The first-order chi connectivity index (χ1) is 12.6. The van der Waals surface area contributed by atoms with E-state index in [1.807, 2.05) is 0 Å². The molecule has 0 atom stereocenters. The molecular formula is C19H20FN3O3. The van der Waals surface area contributed by atoms with Crippen LogP contribution in [0.2, 0.25) is 0 Å². The zero-order chi connectivity index (χ0) is 18.5. The smallest absolute Gasteiger partial charge is 0.273 e. The summed E-state index contributed by atoms with van der Waals surface area (Å²) in [5, 5.41) is 6.58. The number of halogens is 1. The number of nitrogens with one attached hydrogen (secondary N) is 1. The van der Waals surface area contributed by atoms with E-state index in [1.165, 1.54) is 35.2 Å². The molecule has 136 valence electrons. The first kappa shape index (κ1) is 17.8. The Labute approximate surface area is 150 Å². The monoisotopic (exact) mass is 357 g/mol. The van der Waals surface area contributed by atoms with Gasteiger partial charge in [0.1, 0.15) is 5.82 Å². The Morgan fingerprint density at radius 3 is 2.73 bits per heavy atom. The largest absolute Gasteiger partial charge is 0.359 e. The summed E-state index contributed by atoms with van der Waals surface area (Å²) in [4.78, 5) is 26.1. The molecule has 1 aromatic carbocycles. The molecule has 0 unspecified atom stereocenters. The van der Waals surface area contributed by atoms with Gasteiger partial charge in [0.25, 0.3) is 11.8 Å².